The number of unbranched alkanes of at least 4 members (excludes halogenated alkanes) is 9. The highest BCUT2D eigenvalue weighted by Crippen LogP contribution is 2.48. The first kappa shape index (κ1) is 31.1. The van der Waals surface area contributed by atoms with Gasteiger partial charge in [0.2, 0.25) is 0 Å². The van der Waals surface area contributed by atoms with Crippen LogP contribution < -0.4 is 0 Å². The Morgan fingerprint density at radius 2 is 1.22 bits per heavy atom. The first-order chi connectivity index (χ1) is 18.1. The minimum Gasteiger partial charge on any atom is -0.376 e. The average Bonchev–Trinajstić information content (AvgIpc) is 2.95. The van der Waals surface area contributed by atoms with Gasteiger partial charge in [-0.15, -0.1) is 0 Å². The molecule has 2 aliphatic heterocycles. The minimum absolute atomic E-state index is 0.0544. The lowest BCUT2D eigenvalue weighted by atomic mass is 9.96. The fourth-order valence-corrected chi connectivity index (χ4v) is 16.8. The summed E-state index contributed by atoms with van der Waals surface area (Å²) in [4.78, 5) is 0. The predicted octanol–water partition coefficient (Wildman–Crippen LogP) is 9.38. The molecule has 1 aromatic rings. The lowest BCUT2D eigenvalue weighted by Crippen LogP contribution is -2.72. The standard InChI is InChI=1S/C33H60O2Si2/c1-5-6-7-8-9-10-11-12-13-21-28-36(3)32(24-17-19-26-34-32)33(25-18-20-27-35-33)37(4)29-30(2)31-22-15-14-16-23-31/h14-16,22-23,30,36-37H,5-13,17-21,24-29H2,1-4H3. The van der Waals surface area contributed by atoms with Gasteiger partial charge in [-0.05, 0) is 50.0 Å². The molecule has 5 atom stereocenters. The van der Waals surface area contributed by atoms with E-state index < -0.39 is 17.6 Å². The van der Waals surface area contributed by atoms with Gasteiger partial charge in [-0.25, -0.2) is 0 Å². The topological polar surface area (TPSA) is 18.5 Å². The molecule has 1 aromatic carbocycles. The van der Waals surface area contributed by atoms with E-state index in [2.05, 4.69) is 57.3 Å². The molecule has 0 N–H and O–H groups in total. The second kappa shape index (κ2) is 16.6. The van der Waals surface area contributed by atoms with Crippen LogP contribution in [0.5, 0.6) is 0 Å². The van der Waals surface area contributed by atoms with Crippen LogP contribution in [0.2, 0.25) is 25.2 Å². The van der Waals surface area contributed by atoms with Crippen molar-refractivity contribution in [1.82, 2.24) is 0 Å². The van der Waals surface area contributed by atoms with E-state index >= 15 is 0 Å². The van der Waals surface area contributed by atoms with Gasteiger partial charge in [-0.1, -0.05) is 134 Å². The monoisotopic (exact) mass is 544 g/mol. The Morgan fingerprint density at radius 3 is 1.73 bits per heavy atom. The first-order valence-corrected chi connectivity index (χ1v) is 21.5. The molecule has 0 bridgehead atoms. The van der Waals surface area contributed by atoms with Crippen LogP contribution in [0, 0.1) is 0 Å². The number of hydrogen-bond acceptors (Lipinski definition) is 2. The molecule has 2 saturated heterocycles. The van der Waals surface area contributed by atoms with Crippen molar-refractivity contribution in [2.75, 3.05) is 13.2 Å². The molecule has 0 aliphatic carbocycles. The van der Waals surface area contributed by atoms with Crippen LogP contribution in [0.1, 0.15) is 128 Å². The van der Waals surface area contributed by atoms with Crippen molar-refractivity contribution in [3.63, 3.8) is 0 Å². The number of ether oxygens (including phenoxy) is 2. The molecule has 2 nitrogen and oxygen atoms in total. The molecule has 2 heterocycles. The molecule has 0 aromatic heterocycles. The van der Waals surface area contributed by atoms with Gasteiger partial charge in [0.25, 0.3) is 0 Å². The van der Waals surface area contributed by atoms with Gasteiger partial charge in [0.05, 0.1) is 28.0 Å². The van der Waals surface area contributed by atoms with Gasteiger partial charge in [0, 0.05) is 13.2 Å². The van der Waals surface area contributed by atoms with Gasteiger partial charge in [-0.2, -0.15) is 0 Å². The number of rotatable bonds is 17. The maximum absolute atomic E-state index is 7.10. The van der Waals surface area contributed by atoms with Crippen molar-refractivity contribution in [3.05, 3.63) is 35.9 Å². The van der Waals surface area contributed by atoms with E-state index in [1.165, 1.54) is 120 Å². The summed E-state index contributed by atoms with van der Waals surface area (Å²) in [7, 11) is -2.35. The van der Waals surface area contributed by atoms with Crippen LogP contribution in [0.25, 0.3) is 0 Å². The molecule has 0 amide bonds. The Morgan fingerprint density at radius 1 is 0.703 bits per heavy atom. The molecule has 4 heteroatoms. The molecule has 0 radical (unpaired) electrons. The van der Waals surface area contributed by atoms with E-state index in [-0.39, 0.29) is 10.4 Å². The average molecular weight is 545 g/mol. The SMILES string of the molecule is CCCCCCCCCCCC[SiH](C)C1(C2([SiH](C)CC(C)c3ccccc3)CCCCO2)CCCCO1. The maximum atomic E-state index is 7.10. The highest BCUT2D eigenvalue weighted by molar-refractivity contribution is 6.68. The molecule has 3 rings (SSSR count). The zero-order chi connectivity index (χ0) is 26.4. The van der Waals surface area contributed by atoms with Crippen molar-refractivity contribution in [1.29, 1.82) is 0 Å². The summed E-state index contributed by atoms with van der Waals surface area (Å²) in [6, 6.07) is 14.0. The molecule has 0 saturated carbocycles. The van der Waals surface area contributed by atoms with Crippen molar-refractivity contribution in [3.8, 4) is 0 Å². The third-order valence-electron chi connectivity index (χ3n) is 9.98. The van der Waals surface area contributed by atoms with E-state index in [4.69, 9.17) is 9.47 Å². The van der Waals surface area contributed by atoms with Gasteiger partial charge in [0.1, 0.15) is 0 Å². The van der Waals surface area contributed by atoms with Gasteiger partial charge < -0.3 is 9.47 Å². The maximum Gasteiger partial charge on any atom is 0.0800 e. The Kier molecular flexibility index (Phi) is 14.0. The summed E-state index contributed by atoms with van der Waals surface area (Å²) in [6.45, 7) is 12.0. The van der Waals surface area contributed by atoms with Crippen molar-refractivity contribution < 1.29 is 9.47 Å². The normalized spacial score (nSPS) is 27.0. The van der Waals surface area contributed by atoms with E-state index in [1.807, 2.05) is 0 Å². The molecule has 0 spiro atoms. The van der Waals surface area contributed by atoms with Gasteiger partial charge in [0.15, 0.2) is 0 Å². The lowest BCUT2D eigenvalue weighted by Gasteiger charge is -2.59. The van der Waals surface area contributed by atoms with Crippen LogP contribution in [0.15, 0.2) is 30.3 Å². The zero-order valence-corrected chi connectivity index (χ0v) is 27.4. The third kappa shape index (κ3) is 8.53. The predicted molar refractivity (Wildman–Crippen MR) is 167 cm³/mol. The molecule has 37 heavy (non-hydrogen) atoms. The molecule has 2 aliphatic rings. The van der Waals surface area contributed by atoms with Gasteiger partial charge >= 0.3 is 0 Å². The van der Waals surface area contributed by atoms with Crippen LogP contribution in [-0.4, -0.2) is 41.3 Å². The second-order valence-corrected chi connectivity index (χ2v) is 19.2. The van der Waals surface area contributed by atoms with Crippen LogP contribution in [-0.2, 0) is 9.47 Å². The Bertz CT molecular complexity index is 712. The fourth-order valence-electron chi connectivity index (χ4n) is 7.72. The Balaban J connectivity index is 1.61. The highest BCUT2D eigenvalue weighted by Gasteiger charge is 2.60. The lowest BCUT2D eigenvalue weighted by molar-refractivity contribution is -0.165. The fraction of sp³-hybridized carbons (Fsp3) is 0.818. The summed E-state index contributed by atoms with van der Waals surface area (Å²) >= 11 is 0. The smallest absolute Gasteiger partial charge is 0.0800 e. The van der Waals surface area contributed by atoms with E-state index in [9.17, 15) is 0 Å². The Labute approximate surface area is 233 Å². The molecular formula is C33H60O2Si2. The van der Waals surface area contributed by atoms with Crippen LogP contribution in [0.4, 0.5) is 0 Å². The molecule has 2 fully saturated rings. The van der Waals surface area contributed by atoms with E-state index in [0.717, 1.165) is 13.2 Å². The quantitative estimate of drug-likeness (QED) is 0.144. The number of benzene rings is 1. The van der Waals surface area contributed by atoms with Gasteiger partial charge in [-0.3, -0.25) is 0 Å². The van der Waals surface area contributed by atoms with Crippen LogP contribution in [0.3, 0.4) is 0 Å². The third-order valence-corrected chi connectivity index (χ3v) is 18.1. The minimum atomic E-state index is -1.23. The summed E-state index contributed by atoms with van der Waals surface area (Å²) in [5.41, 5.74) is 1.50. The number of hydrogen-bond donors (Lipinski definition) is 0. The second-order valence-electron chi connectivity index (χ2n) is 12.7. The van der Waals surface area contributed by atoms with E-state index in [1.54, 1.807) is 0 Å². The van der Waals surface area contributed by atoms with Crippen molar-refractivity contribution in [2.45, 2.75) is 158 Å². The van der Waals surface area contributed by atoms with Crippen LogP contribution >= 0.6 is 0 Å². The zero-order valence-electron chi connectivity index (χ0n) is 25.1. The van der Waals surface area contributed by atoms with E-state index in [0.29, 0.717) is 5.92 Å². The molecule has 212 valence electrons. The van der Waals surface area contributed by atoms with Crippen molar-refractivity contribution in [2.24, 2.45) is 0 Å². The summed E-state index contributed by atoms with van der Waals surface area (Å²) in [5.74, 6) is 0.616. The molecular weight excluding hydrogens is 485 g/mol. The summed E-state index contributed by atoms with van der Waals surface area (Å²) in [6.07, 6.45) is 22.0. The summed E-state index contributed by atoms with van der Waals surface area (Å²) < 4.78 is 14.2. The van der Waals surface area contributed by atoms with Crippen molar-refractivity contribution >= 4 is 17.6 Å². The first-order valence-electron chi connectivity index (χ1n) is 16.4. The largest absolute Gasteiger partial charge is 0.376 e. The highest BCUT2D eigenvalue weighted by atomic mass is 28.3. The molecule has 5 unspecified atom stereocenters. The Hall–Kier alpha value is -0.426. The summed E-state index contributed by atoms with van der Waals surface area (Å²) in [5, 5.41) is 0.131.